The summed E-state index contributed by atoms with van der Waals surface area (Å²) in [5.74, 6) is 1.16. The maximum atomic E-state index is 12.3. The van der Waals surface area contributed by atoms with Crippen LogP contribution < -0.4 is 5.32 Å². The van der Waals surface area contributed by atoms with E-state index in [4.69, 9.17) is 0 Å². The van der Waals surface area contributed by atoms with E-state index in [9.17, 15) is 9.90 Å². The number of phenolic OH excluding ortho intramolecular Hbond substituents is 1. The number of carbonyl (C=O) groups is 1. The Morgan fingerprint density at radius 2 is 1.90 bits per heavy atom. The zero-order valence-electron chi connectivity index (χ0n) is 16.6. The van der Waals surface area contributed by atoms with E-state index >= 15 is 0 Å². The van der Waals surface area contributed by atoms with Crippen LogP contribution in [0.2, 0.25) is 0 Å². The van der Waals surface area contributed by atoms with Crippen LogP contribution >= 0.6 is 11.8 Å². The molecule has 6 nitrogen and oxygen atoms in total. The quantitative estimate of drug-likeness (QED) is 0.590. The molecule has 0 saturated heterocycles. The van der Waals surface area contributed by atoms with E-state index in [2.05, 4.69) is 15.5 Å². The largest absolute Gasteiger partial charge is 0.507 e. The first-order chi connectivity index (χ1) is 14.2. The van der Waals surface area contributed by atoms with Crippen LogP contribution in [0.1, 0.15) is 39.0 Å². The van der Waals surface area contributed by atoms with E-state index in [1.807, 2.05) is 41.8 Å². The lowest BCUT2D eigenvalue weighted by Gasteiger charge is -2.22. The molecule has 1 aliphatic carbocycles. The maximum absolute atomic E-state index is 12.3. The minimum absolute atomic E-state index is 0.0441. The molecule has 1 aliphatic rings. The number of hydrogen-bond acceptors (Lipinski definition) is 5. The van der Waals surface area contributed by atoms with Gasteiger partial charge in [-0.1, -0.05) is 55.3 Å². The van der Waals surface area contributed by atoms with Crippen LogP contribution in [0, 0.1) is 0 Å². The van der Waals surface area contributed by atoms with Crippen molar-refractivity contribution in [3.63, 3.8) is 0 Å². The molecule has 4 rings (SSSR count). The van der Waals surface area contributed by atoms with Crippen LogP contribution in [0.5, 0.6) is 5.75 Å². The lowest BCUT2D eigenvalue weighted by molar-refractivity contribution is -0.119. The zero-order chi connectivity index (χ0) is 20.2. The first-order valence-electron chi connectivity index (χ1n) is 10.2. The molecule has 152 valence electrons. The molecule has 2 N–H and O–H groups in total. The Morgan fingerprint density at radius 3 is 2.62 bits per heavy atom. The van der Waals surface area contributed by atoms with Gasteiger partial charge in [-0.05, 0) is 42.7 Å². The molecule has 1 aromatic heterocycles. The van der Waals surface area contributed by atoms with Gasteiger partial charge in [0, 0.05) is 12.6 Å². The van der Waals surface area contributed by atoms with Crippen molar-refractivity contribution in [1.82, 2.24) is 20.1 Å². The van der Waals surface area contributed by atoms with Gasteiger partial charge < -0.3 is 15.0 Å². The molecule has 1 heterocycles. The maximum Gasteiger partial charge on any atom is 0.230 e. The van der Waals surface area contributed by atoms with Gasteiger partial charge in [0.05, 0.1) is 11.3 Å². The number of rotatable bonds is 6. The molecule has 0 bridgehead atoms. The molecule has 0 atom stereocenters. The van der Waals surface area contributed by atoms with Crippen molar-refractivity contribution in [1.29, 1.82) is 0 Å². The van der Waals surface area contributed by atoms with Crippen molar-refractivity contribution < 1.29 is 9.90 Å². The third-order valence-electron chi connectivity index (χ3n) is 5.44. The second kappa shape index (κ2) is 8.86. The fourth-order valence-electron chi connectivity index (χ4n) is 3.93. The fourth-order valence-corrected chi connectivity index (χ4v) is 4.75. The summed E-state index contributed by atoms with van der Waals surface area (Å²) < 4.78 is 1.95. The summed E-state index contributed by atoms with van der Waals surface area (Å²) in [5, 5.41) is 25.0. The number of nitrogens with one attached hydrogen (secondary N) is 1. The van der Waals surface area contributed by atoms with Gasteiger partial charge >= 0.3 is 0 Å². The Bertz CT molecular complexity index is 1010. The van der Waals surface area contributed by atoms with Gasteiger partial charge in [0.15, 0.2) is 11.0 Å². The van der Waals surface area contributed by atoms with Crippen LogP contribution in [-0.2, 0) is 11.3 Å². The Labute approximate surface area is 174 Å². The van der Waals surface area contributed by atoms with E-state index in [0.717, 1.165) is 23.6 Å². The van der Waals surface area contributed by atoms with Crippen LogP contribution in [-0.4, -0.2) is 37.6 Å². The number of fused-ring (bicyclic) bond motifs is 1. The van der Waals surface area contributed by atoms with Crippen LogP contribution in [0.4, 0.5) is 0 Å². The number of amides is 1. The number of aromatic nitrogens is 3. The minimum Gasteiger partial charge on any atom is -0.507 e. The molecule has 3 aromatic rings. The number of phenols is 1. The molecular weight excluding hydrogens is 384 g/mol. The summed E-state index contributed by atoms with van der Waals surface area (Å²) in [4.78, 5) is 12.3. The van der Waals surface area contributed by atoms with Crippen molar-refractivity contribution in [2.45, 2.75) is 56.8 Å². The Balaban J connectivity index is 1.51. The molecule has 0 spiro atoms. The van der Waals surface area contributed by atoms with Gasteiger partial charge in [-0.3, -0.25) is 4.79 Å². The van der Waals surface area contributed by atoms with Crippen molar-refractivity contribution in [2.75, 3.05) is 5.75 Å². The van der Waals surface area contributed by atoms with Crippen LogP contribution in [0.25, 0.3) is 22.2 Å². The van der Waals surface area contributed by atoms with Crippen molar-refractivity contribution >= 4 is 28.4 Å². The van der Waals surface area contributed by atoms with Gasteiger partial charge in [0.1, 0.15) is 5.75 Å². The van der Waals surface area contributed by atoms with Crippen molar-refractivity contribution in [2.24, 2.45) is 0 Å². The number of benzene rings is 2. The van der Waals surface area contributed by atoms with E-state index in [-0.39, 0.29) is 11.7 Å². The first-order valence-corrected chi connectivity index (χ1v) is 11.2. The van der Waals surface area contributed by atoms with Crippen LogP contribution in [0.3, 0.4) is 0 Å². The predicted molar refractivity (Wildman–Crippen MR) is 116 cm³/mol. The Morgan fingerprint density at radius 1 is 1.17 bits per heavy atom. The number of thioether (sulfide) groups is 1. The summed E-state index contributed by atoms with van der Waals surface area (Å²) in [6, 6.07) is 11.9. The molecule has 1 saturated carbocycles. The van der Waals surface area contributed by atoms with Crippen molar-refractivity contribution in [3.05, 3.63) is 36.4 Å². The van der Waals surface area contributed by atoms with Gasteiger partial charge in [0.2, 0.25) is 5.91 Å². The monoisotopic (exact) mass is 410 g/mol. The highest BCUT2D eigenvalue weighted by molar-refractivity contribution is 7.99. The third-order valence-corrected chi connectivity index (χ3v) is 6.41. The number of nitrogens with zero attached hydrogens (tertiary/aromatic N) is 3. The first kappa shape index (κ1) is 19.8. The summed E-state index contributed by atoms with van der Waals surface area (Å²) in [5.41, 5.74) is 0.650. The molecule has 7 heteroatoms. The Hall–Kier alpha value is -2.54. The molecule has 29 heavy (non-hydrogen) atoms. The zero-order valence-corrected chi connectivity index (χ0v) is 17.4. The lowest BCUT2D eigenvalue weighted by atomic mass is 9.95. The fraction of sp³-hybridized carbons (Fsp3) is 0.409. The molecule has 2 aromatic carbocycles. The van der Waals surface area contributed by atoms with E-state index in [1.165, 1.54) is 31.0 Å². The lowest BCUT2D eigenvalue weighted by Crippen LogP contribution is -2.37. The molecule has 1 amide bonds. The normalized spacial score (nSPS) is 14.9. The van der Waals surface area contributed by atoms with Crippen molar-refractivity contribution in [3.8, 4) is 17.1 Å². The standard InChI is InChI=1S/C22H26N4O2S/c1-2-26-21(18-12-15-8-6-7-9-16(15)13-19(18)27)24-25-22(26)29-14-20(28)23-17-10-4-3-5-11-17/h6-9,12-13,17,27H,2-5,10-11,14H2,1H3,(H,23,28). The minimum atomic E-state index is 0.0441. The molecule has 0 unspecified atom stereocenters. The molecule has 0 aliphatic heterocycles. The van der Waals surface area contributed by atoms with Gasteiger partial charge in [-0.15, -0.1) is 10.2 Å². The molecule has 1 fully saturated rings. The number of hydrogen-bond donors (Lipinski definition) is 2. The highest BCUT2D eigenvalue weighted by Crippen LogP contribution is 2.34. The van der Waals surface area contributed by atoms with Gasteiger partial charge in [-0.2, -0.15) is 0 Å². The molecular formula is C22H26N4O2S. The van der Waals surface area contributed by atoms with Gasteiger partial charge in [-0.25, -0.2) is 0 Å². The summed E-state index contributed by atoms with van der Waals surface area (Å²) in [6.45, 7) is 2.66. The molecule has 0 radical (unpaired) electrons. The topological polar surface area (TPSA) is 80.0 Å². The highest BCUT2D eigenvalue weighted by Gasteiger charge is 2.19. The van der Waals surface area contributed by atoms with Gasteiger partial charge in [0.25, 0.3) is 0 Å². The smallest absolute Gasteiger partial charge is 0.230 e. The average Bonchev–Trinajstić information content (AvgIpc) is 3.15. The average molecular weight is 411 g/mol. The number of carbonyl (C=O) groups excluding carboxylic acids is 1. The van der Waals surface area contributed by atoms with E-state index in [0.29, 0.717) is 34.9 Å². The van der Waals surface area contributed by atoms with E-state index < -0.39 is 0 Å². The van der Waals surface area contributed by atoms with Crippen LogP contribution in [0.15, 0.2) is 41.6 Å². The second-order valence-electron chi connectivity index (χ2n) is 7.46. The summed E-state index contributed by atoms with van der Waals surface area (Å²) >= 11 is 1.39. The van der Waals surface area contributed by atoms with E-state index in [1.54, 1.807) is 6.07 Å². The number of aromatic hydroxyl groups is 1. The summed E-state index contributed by atoms with van der Waals surface area (Å²) in [7, 11) is 0. The SMILES string of the molecule is CCn1c(SCC(=O)NC2CCCCC2)nnc1-c1cc2ccccc2cc1O. The highest BCUT2D eigenvalue weighted by atomic mass is 32.2. The second-order valence-corrected chi connectivity index (χ2v) is 8.40. The third kappa shape index (κ3) is 4.40. The Kier molecular flexibility index (Phi) is 6.04. The summed E-state index contributed by atoms with van der Waals surface area (Å²) in [6.07, 6.45) is 5.81. The predicted octanol–water partition coefficient (Wildman–Crippen LogP) is 4.36.